The number of nitrogen functional groups attached to an aromatic ring is 1. The Balaban J connectivity index is 3.21. The number of esters is 1. The lowest BCUT2D eigenvalue weighted by molar-refractivity contribution is 0.0603. The van der Waals surface area contributed by atoms with Crippen LogP contribution >= 0.6 is 0 Å². The second kappa shape index (κ2) is 7.01. The Kier molecular flexibility index (Phi) is 5.66. The van der Waals surface area contributed by atoms with Gasteiger partial charge in [0.1, 0.15) is 11.4 Å². The molecule has 0 bridgehead atoms. The zero-order valence-electron chi connectivity index (χ0n) is 12.2. The molecule has 0 amide bonds. The zero-order valence-corrected chi connectivity index (χ0v) is 12.2. The van der Waals surface area contributed by atoms with Crippen LogP contribution in [0.4, 0.5) is 11.6 Å². The summed E-state index contributed by atoms with van der Waals surface area (Å²) in [7, 11) is 1.35. The van der Waals surface area contributed by atoms with Crippen molar-refractivity contribution in [3.05, 3.63) is 5.56 Å². The summed E-state index contributed by atoms with van der Waals surface area (Å²) in [4.78, 5) is 11.8. The van der Waals surface area contributed by atoms with E-state index in [-0.39, 0.29) is 6.04 Å². The van der Waals surface area contributed by atoms with Gasteiger partial charge in [-0.25, -0.2) is 9.48 Å². The van der Waals surface area contributed by atoms with E-state index >= 15 is 0 Å². The number of hydrogen-bond acceptors (Lipinski definition) is 5. The normalized spacial score (nSPS) is 10.8. The summed E-state index contributed by atoms with van der Waals surface area (Å²) in [5.41, 5.74) is 6.40. The Morgan fingerprint density at radius 1 is 1.42 bits per heavy atom. The molecule has 0 aliphatic heterocycles. The quantitative estimate of drug-likeness (QED) is 0.742. The van der Waals surface area contributed by atoms with Crippen LogP contribution < -0.4 is 11.1 Å². The summed E-state index contributed by atoms with van der Waals surface area (Å²) in [5, 5.41) is 7.57. The summed E-state index contributed by atoms with van der Waals surface area (Å²) >= 11 is 0. The first kappa shape index (κ1) is 15.3. The molecule has 1 heterocycles. The fourth-order valence-corrected chi connectivity index (χ4v) is 2.03. The lowest BCUT2D eigenvalue weighted by Gasteiger charge is -2.14. The van der Waals surface area contributed by atoms with Crippen LogP contribution in [-0.2, 0) is 4.74 Å². The summed E-state index contributed by atoms with van der Waals surface area (Å²) in [6.45, 7) is 6.94. The third-order valence-electron chi connectivity index (χ3n) is 3.17. The fraction of sp³-hybridized carbons (Fsp3) is 0.692. The van der Waals surface area contributed by atoms with Gasteiger partial charge in [-0.15, -0.1) is 0 Å². The number of hydrogen-bond donors (Lipinski definition) is 2. The van der Waals surface area contributed by atoms with Gasteiger partial charge in [-0.05, 0) is 19.3 Å². The molecule has 0 aliphatic carbocycles. The first-order chi connectivity index (χ1) is 9.10. The average Bonchev–Trinajstić information content (AvgIpc) is 2.74. The molecule has 0 saturated heterocycles. The molecule has 0 saturated carbocycles. The first-order valence-corrected chi connectivity index (χ1v) is 6.80. The Labute approximate surface area is 114 Å². The van der Waals surface area contributed by atoms with Crippen LogP contribution in [0.5, 0.6) is 0 Å². The molecule has 6 nitrogen and oxygen atoms in total. The predicted octanol–water partition coefficient (Wildman–Crippen LogP) is 2.43. The standard InChI is InChI=1S/C13H24N4O2/c1-5-8-15-12-10(13(18)19-4)11(14)17(16-12)9(6-2)7-3/h9H,5-8,14H2,1-4H3,(H,15,16). The largest absolute Gasteiger partial charge is 0.465 e. The zero-order chi connectivity index (χ0) is 14.4. The lowest BCUT2D eigenvalue weighted by atomic mass is 10.2. The molecule has 0 radical (unpaired) electrons. The van der Waals surface area contributed by atoms with Crippen LogP contribution in [0.25, 0.3) is 0 Å². The maximum atomic E-state index is 11.8. The predicted molar refractivity (Wildman–Crippen MR) is 76.4 cm³/mol. The van der Waals surface area contributed by atoms with Crippen molar-refractivity contribution in [1.29, 1.82) is 0 Å². The van der Waals surface area contributed by atoms with Gasteiger partial charge in [-0.1, -0.05) is 20.8 Å². The van der Waals surface area contributed by atoms with Crippen LogP contribution in [0.3, 0.4) is 0 Å². The summed E-state index contributed by atoms with van der Waals surface area (Å²) in [6.07, 6.45) is 2.77. The molecule has 0 fully saturated rings. The maximum Gasteiger partial charge on any atom is 0.345 e. The molecule has 1 aromatic rings. The number of nitrogens with one attached hydrogen (secondary N) is 1. The van der Waals surface area contributed by atoms with Gasteiger partial charge >= 0.3 is 5.97 Å². The molecule has 108 valence electrons. The van der Waals surface area contributed by atoms with E-state index in [1.54, 1.807) is 4.68 Å². The van der Waals surface area contributed by atoms with E-state index in [0.717, 1.165) is 25.8 Å². The molecule has 6 heteroatoms. The van der Waals surface area contributed by atoms with Crippen LogP contribution in [-0.4, -0.2) is 29.4 Å². The molecular weight excluding hydrogens is 244 g/mol. The third-order valence-corrected chi connectivity index (χ3v) is 3.17. The number of nitrogens with zero attached hydrogens (tertiary/aromatic N) is 2. The number of rotatable bonds is 7. The topological polar surface area (TPSA) is 82.2 Å². The monoisotopic (exact) mass is 268 g/mol. The van der Waals surface area contributed by atoms with Crippen molar-refractivity contribution in [2.45, 2.75) is 46.1 Å². The number of aromatic nitrogens is 2. The van der Waals surface area contributed by atoms with E-state index in [4.69, 9.17) is 10.5 Å². The van der Waals surface area contributed by atoms with Crippen molar-refractivity contribution >= 4 is 17.6 Å². The highest BCUT2D eigenvalue weighted by Crippen LogP contribution is 2.28. The summed E-state index contributed by atoms with van der Waals surface area (Å²) in [5.74, 6) is 0.436. The molecule has 0 aromatic carbocycles. The molecule has 1 rings (SSSR count). The van der Waals surface area contributed by atoms with Crippen molar-refractivity contribution in [3.63, 3.8) is 0 Å². The van der Waals surface area contributed by atoms with Crippen molar-refractivity contribution in [2.24, 2.45) is 0 Å². The molecule has 0 spiro atoms. The van der Waals surface area contributed by atoms with Crippen molar-refractivity contribution in [3.8, 4) is 0 Å². The highest BCUT2D eigenvalue weighted by molar-refractivity contribution is 5.99. The third kappa shape index (κ3) is 3.19. The molecule has 3 N–H and O–H groups in total. The highest BCUT2D eigenvalue weighted by atomic mass is 16.5. The smallest absolute Gasteiger partial charge is 0.345 e. The number of carbonyl (C=O) groups is 1. The minimum atomic E-state index is -0.451. The van der Waals surface area contributed by atoms with Crippen LogP contribution in [0.2, 0.25) is 0 Å². The molecule has 19 heavy (non-hydrogen) atoms. The molecule has 1 aromatic heterocycles. The fourth-order valence-electron chi connectivity index (χ4n) is 2.03. The van der Waals surface area contributed by atoms with Gasteiger partial charge in [0, 0.05) is 6.54 Å². The first-order valence-electron chi connectivity index (χ1n) is 6.80. The van der Waals surface area contributed by atoms with Gasteiger partial charge < -0.3 is 15.8 Å². The van der Waals surface area contributed by atoms with E-state index in [0.29, 0.717) is 17.2 Å². The molecule has 0 aliphatic rings. The Morgan fingerprint density at radius 3 is 2.53 bits per heavy atom. The van der Waals surface area contributed by atoms with Crippen LogP contribution in [0.15, 0.2) is 0 Å². The van der Waals surface area contributed by atoms with E-state index in [1.165, 1.54) is 7.11 Å². The summed E-state index contributed by atoms with van der Waals surface area (Å²) in [6, 6.07) is 0.195. The van der Waals surface area contributed by atoms with Crippen LogP contribution in [0, 0.1) is 0 Å². The van der Waals surface area contributed by atoms with Gasteiger partial charge in [-0.2, -0.15) is 5.10 Å². The van der Waals surface area contributed by atoms with E-state index in [2.05, 4.69) is 24.3 Å². The number of ether oxygens (including phenoxy) is 1. The van der Waals surface area contributed by atoms with Gasteiger partial charge in [-0.3, -0.25) is 0 Å². The highest BCUT2D eigenvalue weighted by Gasteiger charge is 2.25. The number of nitrogens with two attached hydrogens (primary N) is 1. The number of anilines is 2. The minimum absolute atomic E-state index is 0.195. The Bertz CT molecular complexity index is 425. The van der Waals surface area contributed by atoms with Crippen molar-refractivity contribution < 1.29 is 9.53 Å². The second-order valence-corrected chi connectivity index (χ2v) is 4.44. The van der Waals surface area contributed by atoms with E-state index in [1.807, 2.05) is 6.92 Å². The molecule has 0 unspecified atom stereocenters. The maximum absolute atomic E-state index is 11.8. The van der Waals surface area contributed by atoms with Gasteiger partial charge in [0.25, 0.3) is 0 Å². The van der Waals surface area contributed by atoms with Crippen LogP contribution in [0.1, 0.15) is 56.4 Å². The molecular formula is C13H24N4O2. The van der Waals surface area contributed by atoms with E-state index in [9.17, 15) is 4.79 Å². The number of methoxy groups -OCH3 is 1. The SMILES string of the molecule is CCCNc1nn(C(CC)CC)c(N)c1C(=O)OC. The lowest BCUT2D eigenvalue weighted by Crippen LogP contribution is -2.13. The summed E-state index contributed by atoms with van der Waals surface area (Å²) < 4.78 is 6.51. The van der Waals surface area contributed by atoms with Gasteiger partial charge in [0.15, 0.2) is 5.82 Å². The van der Waals surface area contributed by atoms with E-state index < -0.39 is 5.97 Å². The minimum Gasteiger partial charge on any atom is -0.465 e. The number of carbonyl (C=O) groups excluding carboxylic acids is 1. The van der Waals surface area contributed by atoms with Gasteiger partial charge in [0.05, 0.1) is 13.2 Å². The van der Waals surface area contributed by atoms with Crippen molar-refractivity contribution in [1.82, 2.24) is 9.78 Å². The Hall–Kier alpha value is -1.72. The van der Waals surface area contributed by atoms with Gasteiger partial charge in [0.2, 0.25) is 0 Å². The molecule has 0 atom stereocenters. The van der Waals surface area contributed by atoms with Crippen molar-refractivity contribution in [2.75, 3.05) is 24.7 Å². The Morgan fingerprint density at radius 2 is 2.05 bits per heavy atom. The average molecular weight is 268 g/mol. The second-order valence-electron chi connectivity index (χ2n) is 4.44.